The first-order chi connectivity index (χ1) is 9.04. The highest BCUT2D eigenvalue weighted by Crippen LogP contribution is 2.13. The molecule has 0 aliphatic carbocycles. The van der Waals surface area contributed by atoms with Crippen LogP contribution in [0.4, 0.5) is 8.78 Å². The molecule has 0 saturated heterocycles. The van der Waals surface area contributed by atoms with E-state index >= 15 is 0 Å². The normalized spacial score (nSPS) is 11.0. The minimum atomic E-state index is -0.665. The van der Waals surface area contributed by atoms with Crippen molar-refractivity contribution in [3.8, 4) is 0 Å². The van der Waals surface area contributed by atoms with Gasteiger partial charge >= 0.3 is 0 Å². The first-order valence-electron chi connectivity index (χ1n) is 5.77. The van der Waals surface area contributed by atoms with Crippen molar-refractivity contribution in [3.63, 3.8) is 0 Å². The van der Waals surface area contributed by atoms with Crippen LogP contribution in [-0.2, 0) is 13.1 Å². The molecule has 2 nitrogen and oxygen atoms in total. The van der Waals surface area contributed by atoms with E-state index in [1.54, 1.807) is 12.1 Å². The summed E-state index contributed by atoms with van der Waals surface area (Å²) in [5, 5.41) is 0.678. The Bertz CT molecular complexity index is 558. The average Bonchev–Trinajstić information content (AvgIpc) is 2.36. The van der Waals surface area contributed by atoms with E-state index in [0.717, 1.165) is 17.8 Å². The van der Waals surface area contributed by atoms with E-state index < -0.39 is 11.6 Å². The molecule has 0 saturated carbocycles. The highest BCUT2D eigenvalue weighted by molar-refractivity contribution is 6.30. The first kappa shape index (κ1) is 13.9. The molecule has 0 atom stereocenters. The van der Waals surface area contributed by atoms with Crippen molar-refractivity contribution in [2.24, 2.45) is 0 Å². The standard InChI is InChI=1S/C14H13ClF2N2/c1-19(8-10-2-4-11(15)5-3-10)9-14-13(17)6-12(16)7-18-14/h2-7H,8-9H2,1H3. The third-order valence-corrected chi connectivity index (χ3v) is 2.92. The lowest BCUT2D eigenvalue weighted by Crippen LogP contribution is -2.19. The van der Waals surface area contributed by atoms with Gasteiger partial charge in [-0.15, -0.1) is 0 Å². The third-order valence-electron chi connectivity index (χ3n) is 2.67. The van der Waals surface area contributed by atoms with Gasteiger partial charge in [0.1, 0.15) is 11.6 Å². The van der Waals surface area contributed by atoms with Gasteiger partial charge in [-0.05, 0) is 24.7 Å². The molecule has 19 heavy (non-hydrogen) atoms. The molecule has 0 amide bonds. The highest BCUT2D eigenvalue weighted by Gasteiger charge is 2.09. The van der Waals surface area contributed by atoms with Gasteiger partial charge in [0, 0.05) is 24.2 Å². The SMILES string of the molecule is CN(Cc1ccc(Cl)cc1)Cc1ncc(F)cc1F. The summed E-state index contributed by atoms with van der Waals surface area (Å²) in [7, 11) is 1.85. The second-order valence-corrected chi connectivity index (χ2v) is 4.82. The molecular formula is C14H13ClF2N2. The summed E-state index contributed by atoms with van der Waals surface area (Å²) in [6, 6.07) is 8.28. The summed E-state index contributed by atoms with van der Waals surface area (Å²) in [6.07, 6.45) is 1.02. The summed E-state index contributed by atoms with van der Waals surface area (Å²) in [5.41, 5.74) is 1.30. The molecule has 5 heteroatoms. The Morgan fingerprint density at radius 3 is 2.47 bits per heavy atom. The number of benzene rings is 1. The van der Waals surface area contributed by atoms with Crippen molar-refractivity contribution in [1.29, 1.82) is 0 Å². The van der Waals surface area contributed by atoms with Gasteiger partial charge in [-0.3, -0.25) is 9.88 Å². The van der Waals surface area contributed by atoms with Gasteiger partial charge < -0.3 is 0 Å². The fraction of sp³-hybridized carbons (Fsp3) is 0.214. The van der Waals surface area contributed by atoms with Crippen LogP contribution in [0.2, 0.25) is 5.02 Å². The minimum Gasteiger partial charge on any atom is -0.296 e. The fourth-order valence-corrected chi connectivity index (χ4v) is 1.90. The molecule has 2 aromatic rings. The zero-order valence-electron chi connectivity index (χ0n) is 10.4. The van der Waals surface area contributed by atoms with Crippen LogP contribution in [0.15, 0.2) is 36.5 Å². The van der Waals surface area contributed by atoms with Crippen LogP contribution in [0.1, 0.15) is 11.3 Å². The number of pyridine rings is 1. The Labute approximate surface area is 115 Å². The molecule has 1 aromatic heterocycles. The topological polar surface area (TPSA) is 16.1 Å². The maximum atomic E-state index is 13.5. The van der Waals surface area contributed by atoms with E-state index in [9.17, 15) is 8.78 Å². The monoisotopic (exact) mass is 282 g/mol. The summed E-state index contributed by atoms with van der Waals surface area (Å²) in [4.78, 5) is 5.66. The predicted molar refractivity (Wildman–Crippen MR) is 70.8 cm³/mol. The maximum absolute atomic E-state index is 13.5. The van der Waals surface area contributed by atoms with Crippen LogP contribution in [0.3, 0.4) is 0 Å². The van der Waals surface area contributed by atoms with Crippen LogP contribution < -0.4 is 0 Å². The highest BCUT2D eigenvalue weighted by atomic mass is 35.5. The van der Waals surface area contributed by atoms with E-state index in [1.807, 2.05) is 24.1 Å². The number of hydrogen-bond donors (Lipinski definition) is 0. The molecule has 1 aromatic carbocycles. The minimum absolute atomic E-state index is 0.234. The maximum Gasteiger partial charge on any atom is 0.148 e. The molecule has 2 rings (SSSR count). The van der Waals surface area contributed by atoms with Crippen LogP contribution in [0.5, 0.6) is 0 Å². The van der Waals surface area contributed by atoms with Gasteiger partial charge in [-0.2, -0.15) is 0 Å². The average molecular weight is 283 g/mol. The van der Waals surface area contributed by atoms with Crippen molar-refractivity contribution in [1.82, 2.24) is 9.88 Å². The molecule has 0 N–H and O–H groups in total. The van der Waals surface area contributed by atoms with Gasteiger partial charge in [-0.1, -0.05) is 23.7 Å². The van der Waals surface area contributed by atoms with E-state index in [1.165, 1.54) is 0 Å². The van der Waals surface area contributed by atoms with Gasteiger partial charge in [0.2, 0.25) is 0 Å². The molecule has 0 unspecified atom stereocenters. The molecule has 1 heterocycles. The smallest absolute Gasteiger partial charge is 0.148 e. The lowest BCUT2D eigenvalue weighted by Gasteiger charge is -2.16. The van der Waals surface area contributed by atoms with Crippen LogP contribution in [0, 0.1) is 11.6 Å². The predicted octanol–water partition coefficient (Wildman–Crippen LogP) is 3.65. The summed E-state index contributed by atoms with van der Waals surface area (Å²) in [6.45, 7) is 0.949. The van der Waals surface area contributed by atoms with E-state index in [0.29, 0.717) is 18.1 Å². The second kappa shape index (κ2) is 6.08. The summed E-state index contributed by atoms with van der Waals surface area (Å²) >= 11 is 5.80. The number of rotatable bonds is 4. The van der Waals surface area contributed by atoms with Crippen molar-refractivity contribution in [3.05, 3.63) is 64.4 Å². The largest absolute Gasteiger partial charge is 0.296 e. The van der Waals surface area contributed by atoms with E-state index in [4.69, 9.17) is 11.6 Å². The van der Waals surface area contributed by atoms with Gasteiger partial charge in [0.15, 0.2) is 0 Å². The summed E-state index contributed by atoms with van der Waals surface area (Å²) < 4.78 is 26.2. The van der Waals surface area contributed by atoms with Crippen LogP contribution >= 0.6 is 11.6 Å². The Morgan fingerprint density at radius 2 is 1.84 bits per heavy atom. The molecule has 0 aliphatic rings. The zero-order valence-corrected chi connectivity index (χ0v) is 11.2. The van der Waals surface area contributed by atoms with Gasteiger partial charge in [0.25, 0.3) is 0 Å². The molecule has 0 spiro atoms. The van der Waals surface area contributed by atoms with E-state index in [2.05, 4.69) is 4.98 Å². The van der Waals surface area contributed by atoms with Crippen molar-refractivity contribution < 1.29 is 8.78 Å². The molecule has 0 fully saturated rings. The molecule has 0 bridgehead atoms. The van der Waals surface area contributed by atoms with Crippen LogP contribution in [0.25, 0.3) is 0 Å². The molecular weight excluding hydrogens is 270 g/mol. The van der Waals surface area contributed by atoms with E-state index in [-0.39, 0.29) is 5.69 Å². The number of hydrogen-bond acceptors (Lipinski definition) is 2. The lowest BCUT2D eigenvalue weighted by atomic mass is 10.2. The zero-order chi connectivity index (χ0) is 13.8. The quantitative estimate of drug-likeness (QED) is 0.851. The van der Waals surface area contributed by atoms with Crippen molar-refractivity contribution in [2.75, 3.05) is 7.05 Å². The summed E-state index contributed by atoms with van der Waals surface area (Å²) in [5.74, 6) is -1.29. The Balaban J connectivity index is 2.01. The van der Waals surface area contributed by atoms with Crippen molar-refractivity contribution in [2.45, 2.75) is 13.1 Å². The molecule has 0 radical (unpaired) electrons. The third kappa shape index (κ3) is 3.98. The Morgan fingerprint density at radius 1 is 1.16 bits per heavy atom. The second-order valence-electron chi connectivity index (χ2n) is 4.38. The lowest BCUT2D eigenvalue weighted by molar-refractivity contribution is 0.308. The van der Waals surface area contributed by atoms with Gasteiger partial charge in [0.05, 0.1) is 11.9 Å². The number of nitrogens with zero attached hydrogens (tertiary/aromatic N) is 2. The number of aromatic nitrogens is 1. The first-order valence-corrected chi connectivity index (χ1v) is 6.15. The van der Waals surface area contributed by atoms with Crippen LogP contribution in [-0.4, -0.2) is 16.9 Å². The van der Waals surface area contributed by atoms with Gasteiger partial charge in [-0.25, -0.2) is 8.78 Å². The molecule has 100 valence electrons. The van der Waals surface area contributed by atoms with Crippen molar-refractivity contribution >= 4 is 11.6 Å². The Kier molecular flexibility index (Phi) is 4.45. The fourth-order valence-electron chi connectivity index (χ4n) is 1.77. The molecule has 0 aliphatic heterocycles. The number of halogens is 3. The Hall–Kier alpha value is -1.52.